The van der Waals surface area contributed by atoms with Gasteiger partial charge in [-0.2, -0.15) is 0 Å². The van der Waals surface area contributed by atoms with Gasteiger partial charge in [0.1, 0.15) is 12.5 Å². The molecule has 0 aliphatic heterocycles. The summed E-state index contributed by atoms with van der Waals surface area (Å²) in [6.45, 7) is 5.17. The number of nitrogens with zero attached hydrogens (tertiary/aromatic N) is 1. The van der Waals surface area contributed by atoms with Crippen molar-refractivity contribution in [3.05, 3.63) is 0 Å². The van der Waals surface area contributed by atoms with E-state index in [0.717, 1.165) is 24.3 Å². The highest BCUT2D eigenvalue weighted by Crippen LogP contribution is 2.14. The molecule has 0 aliphatic carbocycles. The van der Waals surface area contributed by atoms with Crippen molar-refractivity contribution in [3.8, 4) is 0 Å². The summed E-state index contributed by atoms with van der Waals surface area (Å²) in [7, 11) is 0. The van der Waals surface area contributed by atoms with Gasteiger partial charge >= 0.3 is 5.97 Å². The number of aliphatic hydroxyl groups excluding tert-OH is 2. The van der Waals surface area contributed by atoms with Crippen LogP contribution in [0.5, 0.6) is 0 Å². The molecule has 0 bridgehead atoms. The standard InChI is InChI=1S/C22H45NO4.Al.3H/c1-4-5-6-7-8-9-10-11-12-13-14-15-16-17-18-19-22(26)27-23(20(2)24)21(3)25;;;;/h20-21,24-25H,4-19H2,1-3H3;;;;. The van der Waals surface area contributed by atoms with Gasteiger partial charge in [0.25, 0.3) is 0 Å². The fourth-order valence-electron chi connectivity index (χ4n) is 3.27. The summed E-state index contributed by atoms with van der Waals surface area (Å²) in [6, 6.07) is 0. The number of carbonyl (C=O) groups excluding carboxylic acids is 1. The van der Waals surface area contributed by atoms with E-state index in [-0.39, 0.29) is 17.4 Å². The Labute approximate surface area is 184 Å². The third-order valence-electron chi connectivity index (χ3n) is 4.93. The summed E-state index contributed by atoms with van der Waals surface area (Å²) >= 11 is 0. The molecule has 0 amide bonds. The number of hydrogen-bond donors (Lipinski definition) is 2. The Kier molecular flexibility index (Phi) is 23.2. The lowest BCUT2D eigenvalue weighted by Crippen LogP contribution is -2.41. The predicted octanol–water partition coefficient (Wildman–Crippen LogP) is 4.50. The van der Waals surface area contributed by atoms with Gasteiger partial charge in [-0.05, 0) is 20.3 Å². The molecule has 0 aromatic carbocycles. The fraction of sp³-hybridized carbons (Fsp3) is 0.955. The molecule has 168 valence electrons. The minimum Gasteiger partial charge on any atom is -0.375 e. The van der Waals surface area contributed by atoms with Crippen molar-refractivity contribution in [2.75, 3.05) is 0 Å². The zero-order valence-electron chi connectivity index (χ0n) is 18.1. The van der Waals surface area contributed by atoms with E-state index in [1.54, 1.807) is 0 Å². The molecule has 0 saturated heterocycles. The monoisotopic (exact) mass is 417 g/mol. The van der Waals surface area contributed by atoms with E-state index in [2.05, 4.69) is 6.92 Å². The highest BCUT2D eigenvalue weighted by molar-refractivity contribution is 5.75. The van der Waals surface area contributed by atoms with E-state index in [0.29, 0.717) is 6.42 Å². The van der Waals surface area contributed by atoms with Crippen molar-refractivity contribution >= 4 is 23.3 Å². The maximum atomic E-state index is 11.7. The molecule has 0 aromatic rings. The van der Waals surface area contributed by atoms with Crippen LogP contribution in [0.3, 0.4) is 0 Å². The summed E-state index contributed by atoms with van der Waals surface area (Å²) in [4.78, 5) is 16.7. The van der Waals surface area contributed by atoms with Crippen LogP contribution in [0.15, 0.2) is 0 Å². The minimum atomic E-state index is -1.02. The largest absolute Gasteiger partial charge is 0.375 e. The van der Waals surface area contributed by atoms with E-state index in [1.807, 2.05) is 0 Å². The molecule has 6 heteroatoms. The van der Waals surface area contributed by atoms with Crippen LogP contribution in [-0.2, 0) is 9.63 Å². The van der Waals surface area contributed by atoms with Gasteiger partial charge in [0.15, 0.2) is 17.4 Å². The normalized spacial score (nSPS) is 13.2. The molecule has 0 aliphatic rings. The van der Waals surface area contributed by atoms with Crippen LogP contribution in [0.25, 0.3) is 0 Å². The molecule has 0 fully saturated rings. The second kappa shape index (κ2) is 21.6. The van der Waals surface area contributed by atoms with Crippen LogP contribution in [0.2, 0.25) is 0 Å². The molecule has 0 heterocycles. The molecule has 5 nitrogen and oxygen atoms in total. The zero-order chi connectivity index (χ0) is 20.3. The molecule has 0 saturated carbocycles. The highest BCUT2D eigenvalue weighted by Gasteiger charge is 2.20. The van der Waals surface area contributed by atoms with Crippen LogP contribution in [0.1, 0.15) is 124 Å². The predicted molar refractivity (Wildman–Crippen MR) is 121 cm³/mol. The van der Waals surface area contributed by atoms with Gasteiger partial charge in [-0.1, -0.05) is 102 Å². The minimum absolute atomic E-state index is 0. The summed E-state index contributed by atoms with van der Waals surface area (Å²) in [5.74, 6) is -0.397. The lowest BCUT2D eigenvalue weighted by atomic mass is 10.0. The molecule has 2 N–H and O–H groups in total. The molecule has 2 atom stereocenters. The third kappa shape index (κ3) is 19.2. The van der Waals surface area contributed by atoms with Crippen molar-refractivity contribution in [2.24, 2.45) is 0 Å². The van der Waals surface area contributed by atoms with Crippen molar-refractivity contribution < 1.29 is 19.8 Å². The number of aliphatic hydroxyl groups is 2. The summed E-state index contributed by atoms with van der Waals surface area (Å²) in [6.07, 6.45) is 17.6. The average molecular weight is 418 g/mol. The van der Waals surface area contributed by atoms with Gasteiger partial charge in [-0.15, -0.1) is 0 Å². The Morgan fingerprint density at radius 2 is 1.04 bits per heavy atom. The smallest absolute Gasteiger partial charge is 0.325 e. The molecule has 2 unspecified atom stereocenters. The van der Waals surface area contributed by atoms with Gasteiger partial charge in [0.2, 0.25) is 0 Å². The van der Waals surface area contributed by atoms with Gasteiger partial charge < -0.3 is 15.1 Å². The Hall–Kier alpha value is -0.118. The van der Waals surface area contributed by atoms with Crippen LogP contribution in [0.4, 0.5) is 0 Å². The van der Waals surface area contributed by atoms with Crippen molar-refractivity contribution in [3.63, 3.8) is 0 Å². The van der Waals surface area contributed by atoms with Crippen LogP contribution < -0.4 is 0 Å². The van der Waals surface area contributed by atoms with E-state index >= 15 is 0 Å². The first-order valence-corrected chi connectivity index (χ1v) is 11.3. The first kappa shape index (κ1) is 30.1. The van der Waals surface area contributed by atoms with Gasteiger partial charge in [0.05, 0.1) is 0 Å². The Morgan fingerprint density at radius 1 is 0.714 bits per heavy atom. The summed E-state index contributed by atoms with van der Waals surface area (Å²) < 4.78 is 0. The van der Waals surface area contributed by atoms with Crippen molar-refractivity contribution in [1.82, 2.24) is 5.06 Å². The highest BCUT2D eigenvalue weighted by atomic mass is 27.0. The van der Waals surface area contributed by atoms with Gasteiger partial charge in [-0.25, -0.2) is 0 Å². The number of hydroxylamine groups is 2. The van der Waals surface area contributed by atoms with Crippen LogP contribution in [-0.4, -0.2) is 51.1 Å². The maximum absolute atomic E-state index is 11.7. The first-order chi connectivity index (χ1) is 13.0. The van der Waals surface area contributed by atoms with Crippen LogP contribution in [0, 0.1) is 0 Å². The maximum Gasteiger partial charge on any atom is 0.325 e. The topological polar surface area (TPSA) is 70.0 Å². The average Bonchev–Trinajstić information content (AvgIpc) is 2.62. The molecule has 0 radical (unpaired) electrons. The number of unbranched alkanes of at least 4 members (excludes halogenated alkanes) is 14. The molecular weight excluding hydrogens is 369 g/mol. The number of rotatable bonds is 19. The molecule has 28 heavy (non-hydrogen) atoms. The van der Waals surface area contributed by atoms with Crippen molar-refractivity contribution in [2.45, 2.75) is 136 Å². The summed E-state index contributed by atoms with van der Waals surface area (Å²) in [5, 5.41) is 19.8. The lowest BCUT2D eigenvalue weighted by molar-refractivity contribution is -0.276. The van der Waals surface area contributed by atoms with Gasteiger partial charge in [-0.3, -0.25) is 4.79 Å². The quantitative estimate of drug-likeness (QED) is 0.140. The molecule has 0 rings (SSSR count). The fourth-order valence-corrected chi connectivity index (χ4v) is 3.27. The second-order valence-corrected chi connectivity index (χ2v) is 7.79. The lowest BCUT2D eigenvalue weighted by Gasteiger charge is -2.25. The van der Waals surface area contributed by atoms with E-state index in [9.17, 15) is 15.0 Å². The number of hydrogen-bond acceptors (Lipinski definition) is 5. The van der Waals surface area contributed by atoms with E-state index in [4.69, 9.17) is 4.84 Å². The Balaban J connectivity index is 0. The number of carbonyl (C=O) groups is 1. The Morgan fingerprint density at radius 3 is 1.36 bits per heavy atom. The third-order valence-corrected chi connectivity index (χ3v) is 4.93. The SMILES string of the molecule is CCCCCCCCCCCCCCCCCC(=O)ON(C(C)O)C(C)O.[AlH3]. The molecule has 0 aromatic heterocycles. The van der Waals surface area contributed by atoms with Gasteiger partial charge in [0, 0.05) is 6.42 Å². The molecular formula is C22H48AlNO4. The van der Waals surface area contributed by atoms with Crippen LogP contribution >= 0.6 is 0 Å². The van der Waals surface area contributed by atoms with E-state index < -0.39 is 18.4 Å². The van der Waals surface area contributed by atoms with E-state index in [1.165, 1.54) is 90.9 Å². The van der Waals surface area contributed by atoms with Crippen molar-refractivity contribution in [1.29, 1.82) is 0 Å². The second-order valence-electron chi connectivity index (χ2n) is 7.79. The Bertz CT molecular complexity index is 332. The molecule has 0 spiro atoms. The summed E-state index contributed by atoms with van der Waals surface area (Å²) in [5.41, 5.74) is 0. The first-order valence-electron chi connectivity index (χ1n) is 11.3. The zero-order valence-corrected chi connectivity index (χ0v) is 18.1.